The van der Waals surface area contributed by atoms with E-state index in [9.17, 15) is 20.1 Å². The highest BCUT2D eigenvalue weighted by Crippen LogP contribution is 2.47. The molecule has 0 atom stereocenters. The zero-order valence-corrected chi connectivity index (χ0v) is 11.6. The van der Waals surface area contributed by atoms with E-state index in [-0.39, 0.29) is 28.6 Å². The van der Waals surface area contributed by atoms with Gasteiger partial charge in [0.15, 0.2) is 5.78 Å². The quantitative estimate of drug-likeness (QED) is 0.751. The number of Topliss-reactive ketones (excluding diaryl/α,β-unsaturated/α-hetero) is 1. The normalized spacial score (nSPS) is 13.7. The Morgan fingerprint density at radius 2 is 1.48 bits per heavy atom. The first-order valence-electron chi connectivity index (χ1n) is 6.52. The van der Waals surface area contributed by atoms with E-state index in [4.69, 9.17) is 0 Å². The number of carbonyl (C=O) groups excluding carboxylic acids is 1. The predicted molar refractivity (Wildman–Crippen MR) is 78.6 cm³/mol. The van der Waals surface area contributed by atoms with Crippen molar-refractivity contribution in [3.05, 3.63) is 58.2 Å². The summed E-state index contributed by atoms with van der Waals surface area (Å²) in [5.41, 5.74) is 2.46. The first-order valence-corrected chi connectivity index (χ1v) is 6.52. The van der Waals surface area contributed by atoms with E-state index >= 15 is 0 Å². The number of allylic oxidation sites excluding steroid dienone is 1. The molecular weight excluding hydrogens is 268 g/mol. The summed E-state index contributed by atoms with van der Waals surface area (Å²) < 4.78 is 0. The van der Waals surface area contributed by atoms with Gasteiger partial charge in [-0.2, -0.15) is 0 Å². The Balaban J connectivity index is 2.39. The molecule has 0 radical (unpaired) electrons. The van der Waals surface area contributed by atoms with Crippen LogP contribution in [0.4, 0.5) is 0 Å². The van der Waals surface area contributed by atoms with Gasteiger partial charge in [-0.25, -0.2) is 0 Å². The molecule has 4 nitrogen and oxygen atoms in total. The standard InChI is InChI=1S/C17H14O4/c1-8-6-10-15(13(20)7-8)14(9(2)17(10)21)16-11(18)4-3-5-12(16)19/h3-7,18-20H,1-2H3. The lowest BCUT2D eigenvalue weighted by atomic mass is 9.94. The summed E-state index contributed by atoms with van der Waals surface area (Å²) in [6.45, 7) is 3.41. The van der Waals surface area contributed by atoms with Crippen LogP contribution in [0, 0.1) is 6.92 Å². The fraction of sp³-hybridized carbons (Fsp3) is 0.118. The molecule has 2 aromatic rings. The molecule has 0 heterocycles. The summed E-state index contributed by atoms with van der Waals surface area (Å²) in [6, 6.07) is 7.63. The monoisotopic (exact) mass is 282 g/mol. The van der Waals surface area contributed by atoms with Gasteiger partial charge in [0, 0.05) is 22.3 Å². The number of carbonyl (C=O) groups is 1. The van der Waals surface area contributed by atoms with Crippen LogP contribution in [0.15, 0.2) is 35.9 Å². The summed E-state index contributed by atoms with van der Waals surface area (Å²) in [6.07, 6.45) is 0. The molecule has 4 heteroatoms. The van der Waals surface area contributed by atoms with Crippen LogP contribution in [0.5, 0.6) is 17.2 Å². The smallest absolute Gasteiger partial charge is 0.190 e. The van der Waals surface area contributed by atoms with E-state index < -0.39 is 0 Å². The van der Waals surface area contributed by atoms with Crippen LogP contribution >= 0.6 is 0 Å². The molecule has 0 spiro atoms. The minimum absolute atomic E-state index is 0.0344. The second-order valence-electron chi connectivity index (χ2n) is 5.21. The number of benzene rings is 2. The van der Waals surface area contributed by atoms with E-state index in [2.05, 4.69) is 0 Å². The van der Waals surface area contributed by atoms with Gasteiger partial charge < -0.3 is 15.3 Å². The van der Waals surface area contributed by atoms with Crippen molar-refractivity contribution >= 4 is 11.4 Å². The summed E-state index contributed by atoms with van der Waals surface area (Å²) >= 11 is 0. The van der Waals surface area contributed by atoms with Crippen molar-refractivity contribution in [3.63, 3.8) is 0 Å². The van der Waals surface area contributed by atoms with E-state index in [0.29, 0.717) is 22.3 Å². The van der Waals surface area contributed by atoms with Crippen LogP contribution in [-0.2, 0) is 0 Å². The molecule has 0 unspecified atom stereocenters. The number of phenols is 3. The van der Waals surface area contributed by atoms with Crippen LogP contribution in [0.3, 0.4) is 0 Å². The minimum atomic E-state index is -0.207. The number of hydrogen-bond acceptors (Lipinski definition) is 4. The maximum absolute atomic E-state index is 12.4. The van der Waals surface area contributed by atoms with Crippen LogP contribution in [-0.4, -0.2) is 21.1 Å². The first-order chi connectivity index (χ1) is 9.91. The molecular formula is C17H14O4. The van der Waals surface area contributed by atoms with E-state index in [1.54, 1.807) is 26.0 Å². The van der Waals surface area contributed by atoms with Gasteiger partial charge in [-0.3, -0.25) is 4.79 Å². The number of fused-ring (bicyclic) bond motifs is 1. The Hall–Kier alpha value is -2.75. The Kier molecular flexibility index (Phi) is 2.76. The lowest BCUT2D eigenvalue weighted by Crippen LogP contribution is -1.96. The molecule has 2 aromatic carbocycles. The second-order valence-corrected chi connectivity index (χ2v) is 5.21. The molecule has 1 aliphatic carbocycles. The van der Waals surface area contributed by atoms with E-state index in [0.717, 1.165) is 5.56 Å². The number of aromatic hydroxyl groups is 3. The Bertz CT molecular complexity index is 796. The molecule has 0 amide bonds. The van der Waals surface area contributed by atoms with Crippen molar-refractivity contribution in [2.24, 2.45) is 0 Å². The lowest BCUT2D eigenvalue weighted by Gasteiger charge is -2.12. The number of ketones is 1. The molecule has 0 saturated heterocycles. The fourth-order valence-electron chi connectivity index (χ4n) is 2.81. The molecule has 21 heavy (non-hydrogen) atoms. The van der Waals surface area contributed by atoms with Crippen molar-refractivity contribution in [3.8, 4) is 17.2 Å². The van der Waals surface area contributed by atoms with Crippen molar-refractivity contribution < 1.29 is 20.1 Å². The summed E-state index contributed by atoms with van der Waals surface area (Å²) in [7, 11) is 0. The number of phenolic OH excluding ortho intramolecular Hbond substituents is 3. The Morgan fingerprint density at radius 1 is 0.857 bits per heavy atom. The zero-order valence-electron chi connectivity index (χ0n) is 11.6. The zero-order chi connectivity index (χ0) is 15.3. The second kappa shape index (κ2) is 4.38. The van der Waals surface area contributed by atoms with Gasteiger partial charge in [0.05, 0.1) is 5.56 Å². The highest BCUT2D eigenvalue weighted by atomic mass is 16.3. The maximum atomic E-state index is 12.4. The van der Waals surface area contributed by atoms with Crippen molar-refractivity contribution in [1.82, 2.24) is 0 Å². The molecule has 0 fully saturated rings. The fourth-order valence-corrected chi connectivity index (χ4v) is 2.81. The topological polar surface area (TPSA) is 77.8 Å². The molecule has 106 valence electrons. The van der Waals surface area contributed by atoms with Gasteiger partial charge in [-0.1, -0.05) is 6.07 Å². The molecule has 3 rings (SSSR count). The van der Waals surface area contributed by atoms with Gasteiger partial charge in [0.1, 0.15) is 17.2 Å². The lowest BCUT2D eigenvalue weighted by molar-refractivity contribution is 0.103. The summed E-state index contributed by atoms with van der Waals surface area (Å²) in [5, 5.41) is 30.3. The molecule has 1 aliphatic rings. The third-order valence-electron chi connectivity index (χ3n) is 3.74. The third-order valence-corrected chi connectivity index (χ3v) is 3.74. The van der Waals surface area contributed by atoms with Gasteiger partial charge in [-0.05, 0) is 43.7 Å². The number of hydrogen-bond donors (Lipinski definition) is 3. The summed E-state index contributed by atoms with van der Waals surface area (Å²) in [5.74, 6) is -0.510. The van der Waals surface area contributed by atoms with Crippen LogP contribution in [0.1, 0.15) is 34.0 Å². The summed E-state index contributed by atoms with van der Waals surface area (Å²) in [4.78, 5) is 12.4. The minimum Gasteiger partial charge on any atom is -0.507 e. The van der Waals surface area contributed by atoms with Crippen LogP contribution < -0.4 is 0 Å². The molecule has 0 aromatic heterocycles. The van der Waals surface area contributed by atoms with Crippen molar-refractivity contribution in [2.75, 3.05) is 0 Å². The first kappa shape index (κ1) is 13.2. The molecule has 3 N–H and O–H groups in total. The average Bonchev–Trinajstić information content (AvgIpc) is 2.64. The maximum Gasteiger partial charge on any atom is 0.190 e. The largest absolute Gasteiger partial charge is 0.507 e. The van der Waals surface area contributed by atoms with Crippen molar-refractivity contribution in [1.29, 1.82) is 0 Å². The Labute approximate surface area is 121 Å². The van der Waals surface area contributed by atoms with Gasteiger partial charge in [0.25, 0.3) is 0 Å². The van der Waals surface area contributed by atoms with E-state index in [1.807, 2.05) is 0 Å². The van der Waals surface area contributed by atoms with Crippen molar-refractivity contribution in [2.45, 2.75) is 13.8 Å². The SMILES string of the molecule is CC1=C(c2c(O)cccc2O)c2c(O)cc(C)cc2C1=O. The molecule has 0 bridgehead atoms. The van der Waals surface area contributed by atoms with Gasteiger partial charge in [-0.15, -0.1) is 0 Å². The molecule has 0 saturated carbocycles. The van der Waals surface area contributed by atoms with Crippen LogP contribution in [0.2, 0.25) is 0 Å². The number of aryl methyl sites for hydroxylation is 1. The Morgan fingerprint density at radius 3 is 2.10 bits per heavy atom. The van der Waals surface area contributed by atoms with E-state index in [1.165, 1.54) is 18.2 Å². The van der Waals surface area contributed by atoms with Gasteiger partial charge in [0.2, 0.25) is 0 Å². The highest BCUT2D eigenvalue weighted by Gasteiger charge is 2.33. The molecule has 0 aliphatic heterocycles. The van der Waals surface area contributed by atoms with Crippen LogP contribution in [0.25, 0.3) is 5.57 Å². The number of rotatable bonds is 1. The average molecular weight is 282 g/mol. The predicted octanol–water partition coefficient (Wildman–Crippen LogP) is 3.13. The van der Waals surface area contributed by atoms with Gasteiger partial charge >= 0.3 is 0 Å². The third kappa shape index (κ3) is 1.80. The highest BCUT2D eigenvalue weighted by molar-refractivity contribution is 6.24.